The van der Waals surface area contributed by atoms with Crippen molar-refractivity contribution in [3.8, 4) is 11.3 Å². The van der Waals surface area contributed by atoms with Gasteiger partial charge in [0, 0.05) is 12.6 Å². The summed E-state index contributed by atoms with van der Waals surface area (Å²) in [4.78, 5) is 23.2. The fraction of sp³-hybridized carbons (Fsp3) is 0.222. The monoisotopic (exact) mass is 331 g/mol. The molecule has 1 aromatic heterocycles. The molecule has 0 saturated heterocycles. The molecule has 1 N–H and O–H groups in total. The lowest BCUT2D eigenvalue weighted by Gasteiger charge is -2.10. The van der Waals surface area contributed by atoms with Gasteiger partial charge in [0.05, 0.1) is 5.56 Å². The zero-order valence-electron chi connectivity index (χ0n) is 13.4. The minimum atomic E-state index is -0.882. The number of furan rings is 1. The van der Waals surface area contributed by atoms with Crippen LogP contribution in [0.25, 0.3) is 17.4 Å². The summed E-state index contributed by atoms with van der Waals surface area (Å²) in [5, 5.41) is 2.56. The molecule has 1 atom stereocenters. The van der Waals surface area contributed by atoms with Crippen molar-refractivity contribution in [2.75, 3.05) is 6.54 Å². The molecule has 0 bridgehead atoms. The highest BCUT2D eigenvalue weighted by Gasteiger charge is 2.15. The quantitative estimate of drug-likeness (QED) is 0.652. The number of likely N-dealkylation sites (N-methyl/N-ethyl adjacent to an activating group) is 1. The number of amides is 1. The van der Waals surface area contributed by atoms with E-state index in [0.717, 1.165) is 6.08 Å². The molecule has 2 rings (SSSR count). The first-order valence-corrected chi connectivity index (χ1v) is 7.52. The van der Waals surface area contributed by atoms with Crippen LogP contribution in [0.5, 0.6) is 0 Å². The summed E-state index contributed by atoms with van der Waals surface area (Å²) in [6, 6.07) is 9.46. The average Bonchev–Trinajstić information content (AvgIpc) is 3.02. The van der Waals surface area contributed by atoms with E-state index in [1.54, 1.807) is 37.3 Å². The molecule has 24 heavy (non-hydrogen) atoms. The summed E-state index contributed by atoms with van der Waals surface area (Å²) in [5.74, 6) is -0.693. The van der Waals surface area contributed by atoms with Crippen molar-refractivity contribution in [1.82, 2.24) is 5.32 Å². The number of esters is 1. The van der Waals surface area contributed by atoms with Crippen molar-refractivity contribution in [2.24, 2.45) is 0 Å². The molecule has 2 aromatic rings. The molecule has 0 radical (unpaired) electrons. The maximum atomic E-state index is 13.7. The van der Waals surface area contributed by atoms with Gasteiger partial charge in [-0.3, -0.25) is 4.79 Å². The van der Waals surface area contributed by atoms with E-state index in [1.165, 1.54) is 19.1 Å². The molecule has 0 spiro atoms. The van der Waals surface area contributed by atoms with Crippen LogP contribution in [0.15, 0.2) is 46.9 Å². The molecule has 5 nitrogen and oxygen atoms in total. The summed E-state index contributed by atoms with van der Waals surface area (Å²) < 4.78 is 24.1. The van der Waals surface area contributed by atoms with Crippen molar-refractivity contribution in [2.45, 2.75) is 20.0 Å². The summed E-state index contributed by atoms with van der Waals surface area (Å²) in [7, 11) is 0. The van der Waals surface area contributed by atoms with Crippen LogP contribution >= 0.6 is 0 Å². The minimum Gasteiger partial charge on any atom is -0.457 e. The molecule has 0 aliphatic heterocycles. The van der Waals surface area contributed by atoms with Gasteiger partial charge >= 0.3 is 5.97 Å². The highest BCUT2D eigenvalue weighted by atomic mass is 19.1. The molecule has 1 heterocycles. The first-order valence-electron chi connectivity index (χ1n) is 7.52. The van der Waals surface area contributed by atoms with E-state index in [9.17, 15) is 14.0 Å². The zero-order chi connectivity index (χ0) is 17.5. The average molecular weight is 331 g/mol. The van der Waals surface area contributed by atoms with Crippen molar-refractivity contribution >= 4 is 18.0 Å². The maximum absolute atomic E-state index is 13.7. The molecular formula is C18H18FNO4. The first-order chi connectivity index (χ1) is 11.5. The van der Waals surface area contributed by atoms with Crippen molar-refractivity contribution in [3.05, 3.63) is 54.1 Å². The van der Waals surface area contributed by atoms with Crippen LogP contribution < -0.4 is 5.32 Å². The third-order valence-corrected chi connectivity index (χ3v) is 3.16. The Kier molecular flexibility index (Phi) is 5.89. The molecule has 0 aliphatic rings. The molecular weight excluding hydrogens is 313 g/mol. The molecule has 6 heteroatoms. The Balaban J connectivity index is 1.99. The number of nitrogens with one attached hydrogen (secondary N) is 1. The van der Waals surface area contributed by atoms with E-state index >= 15 is 0 Å². The molecule has 0 aliphatic carbocycles. The topological polar surface area (TPSA) is 68.5 Å². The second kappa shape index (κ2) is 8.10. The van der Waals surface area contributed by atoms with Crippen LogP contribution in [-0.2, 0) is 14.3 Å². The smallest absolute Gasteiger partial charge is 0.331 e. The van der Waals surface area contributed by atoms with E-state index in [2.05, 4.69) is 5.32 Å². The summed E-state index contributed by atoms with van der Waals surface area (Å²) in [5.41, 5.74) is 0.338. The van der Waals surface area contributed by atoms with E-state index in [-0.39, 0.29) is 5.91 Å². The van der Waals surface area contributed by atoms with E-state index in [4.69, 9.17) is 9.15 Å². The van der Waals surface area contributed by atoms with Gasteiger partial charge < -0.3 is 14.5 Å². The van der Waals surface area contributed by atoms with Crippen LogP contribution in [0, 0.1) is 5.82 Å². The largest absolute Gasteiger partial charge is 0.457 e. The maximum Gasteiger partial charge on any atom is 0.331 e. The number of halogens is 1. The Morgan fingerprint density at radius 1 is 1.29 bits per heavy atom. The number of hydrogen-bond donors (Lipinski definition) is 1. The van der Waals surface area contributed by atoms with Crippen molar-refractivity contribution < 1.29 is 23.1 Å². The number of carbonyl (C=O) groups excluding carboxylic acids is 2. The lowest BCUT2D eigenvalue weighted by atomic mass is 10.1. The van der Waals surface area contributed by atoms with Crippen LogP contribution in [-0.4, -0.2) is 24.5 Å². The fourth-order valence-electron chi connectivity index (χ4n) is 1.98. The highest BCUT2D eigenvalue weighted by Crippen LogP contribution is 2.25. The number of carbonyl (C=O) groups is 2. The standard InChI is InChI=1S/C18H18FNO4/c1-3-20-18(22)12(2)23-17(21)11-9-13-8-10-16(24-13)14-6-4-5-7-15(14)19/h4-12H,3H2,1-2H3,(H,20,22)/b11-9+/t12-/m0/s1. The molecule has 0 unspecified atom stereocenters. The number of benzene rings is 1. The minimum absolute atomic E-state index is 0.338. The summed E-state index contributed by atoms with van der Waals surface area (Å²) in [6.45, 7) is 3.72. The van der Waals surface area contributed by atoms with Crippen LogP contribution in [0.4, 0.5) is 4.39 Å². The van der Waals surface area contributed by atoms with Crippen LogP contribution in [0.3, 0.4) is 0 Å². The SMILES string of the molecule is CCNC(=O)[C@H](C)OC(=O)/C=C/c1ccc(-c2ccccc2F)o1. The predicted octanol–water partition coefficient (Wildman–Crippen LogP) is 3.17. The lowest BCUT2D eigenvalue weighted by Crippen LogP contribution is -2.35. The van der Waals surface area contributed by atoms with Gasteiger partial charge in [0.15, 0.2) is 6.10 Å². The molecule has 0 saturated carbocycles. The summed E-state index contributed by atoms with van der Waals surface area (Å²) >= 11 is 0. The Bertz CT molecular complexity index is 751. The van der Waals surface area contributed by atoms with Crippen molar-refractivity contribution in [1.29, 1.82) is 0 Å². The van der Waals surface area contributed by atoms with Gasteiger partial charge in [0.1, 0.15) is 17.3 Å². The molecule has 0 fully saturated rings. The predicted molar refractivity (Wildman–Crippen MR) is 87.4 cm³/mol. The van der Waals surface area contributed by atoms with Gasteiger partial charge in [-0.15, -0.1) is 0 Å². The van der Waals surface area contributed by atoms with Gasteiger partial charge in [-0.2, -0.15) is 0 Å². The highest BCUT2D eigenvalue weighted by molar-refractivity contribution is 5.90. The number of rotatable bonds is 6. The van der Waals surface area contributed by atoms with E-state index < -0.39 is 17.9 Å². The van der Waals surface area contributed by atoms with Gasteiger partial charge in [0.25, 0.3) is 5.91 Å². The fourth-order valence-corrected chi connectivity index (χ4v) is 1.98. The molecule has 126 valence electrons. The third-order valence-electron chi connectivity index (χ3n) is 3.16. The number of ether oxygens (including phenoxy) is 1. The second-order valence-corrected chi connectivity index (χ2v) is 4.99. The van der Waals surface area contributed by atoms with Gasteiger partial charge in [0.2, 0.25) is 0 Å². The van der Waals surface area contributed by atoms with E-state index in [0.29, 0.717) is 23.6 Å². The van der Waals surface area contributed by atoms with Crippen LogP contribution in [0.1, 0.15) is 19.6 Å². The third kappa shape index (κ3) is 4.55. The van der Waals surface area contributed by atoms with Gasteiger partial charge in [-0.25, -0.2) is 9.18 Å². The Labute approximate surface area is 139 Å². The normalized spacial score (nSPS) is 12.1. The Morgan fingerprint density at radius 3 is 2.75 bits per heavy atom. The van der Waals surface area contributed by atoms with Gasteiger partial charge in [-0.1, -0.05) is 12.1 Å². The first kappa shape index (κ1) is 17.5. The van der Waals surface area contributed by atoms with Crippen molar-refractivity contribution in [3.63, 3.8) is 0 Å². The summed E-state index contributed by atoms with van der Waals surface area (Å²) in [6.07, 6.45) is 1.67. The molecule has 1 amide bonds. The van der Waals surface area contributed by atoms with E-state index in [1.807, 2.05) is 0 Å². The number of hydrogen-bond acceptors (Lipinski definition) is 4. The van der Waals surface area contributed by atoms with Crippen LogP contribution in [0.2, 0.25) is 0 Å². The zero-order valence-corrected chi connectivity index (χ0v) is 13.4. The lowest BCUT2D eigenvalue weighted by molar-refractivity contribution is -0.150. The Hall–Kier alpha value is -2.89. The van der Waals surface area contributed by atoms with Gasteiger partial charge in [-0.05, 0) is 44.2 Å². The Morgan fingerprint density at radius 2 is 2.04 bits per heavy atom. The molecule has 1 aromatic carbocycles. The second-order valence-electron chi connectivity index (χ2n) is 4.99.